The van der Waals surface area contributed by atoms with Crippen molar-refractivity contribution in [1.82, 2.24) is 0 Å². The predicted octanol–water partition coefficient (Wildman–Crippen LogP) is 2.10. The van der Waals surface area contributed by atoms with E-state index < -0.39 is 0 Å². The van der Waals surface area contributed by atoms with E-state index >= 15 is 0 Å². The van der Waals surface area contributed by atoms with Gasteiger partial charge in [0.2, 0.25) is 0 Å². The molecule has 1 amide bonds. The Morgan fingerprint density at radius 1 is 1.00 bits per heavy atom. The zero-order valence-corrected chi connectivity index (χ0v) is 12.3. The van der Waals surface area contributed by atoms with Crippen LogP contribution in [0.2, 0.25) is 0 Å². The molecule has 0 bridgehead atoms. The number of anilines is 1. The van der Waals surface area contributed by atoms with Gasteiger partial charge in [-0.05, 0) is 31.9 Å². The number of aromatic hydroxyl groups is 1. The van der Waals surface area contributed by atoms with Crippen molar-refractivity contribution in [2.75, 3.05) is 5.32 Å². The van der Waals surface area contributed by atoms with Crippen LogP contribution >= 0.6 is 0 Å². The van der Waals surface area contributed by atoms with E-state index in [1.165, 1.54) is 0 Å². The Balaban J connectivity index is 0.00000196. The van der Waals surface area contributed by atoms with E-state index in [1.807, 2.05) is 27.7 Å². The van der Waals surface area contributed by atoms with Gasteiger partial charge in [-0.25, -0.2) is 0 Å². The fraction of sp³-hybridized carbons (Fsp3) is 0.364. The van der Waals surface area contributed by atoms with Crippen LogP contribution in [0.15, 0.2) is 0 Å². The molecular formula is C11H14NO2Y+2. The van der Waals surface area contributed by atoms with Gasteiger partial charge >= 0.3 is 32.7 Å². The summed E-state index contributed by atoms with van der Waals surface area (Å²) >= 11 is 0. The van der Waals surface area contributed by atoms with Gasteiger partial charge < -0.3 is 15.2 Å². The summed E-state index contributed by atoms with van der Waals surface area (Å²) in [4.78, 5) is 10.2. The van der Waals surface area contributed by atoms with Crippen LogP contribution in [-0.4, -0.2) is 11.5 Å². The standard InChI is InChI=1S/C11H14NO2.Y/c1-6-7(2)9(4)11(14)10(8(6)3)12-5-13;/h14H,1-4H3,(H,12,13);/q-1;+3. The van der Waals surface area contributed by atoms with Crippen LogP contribution in [0.4, 0.5) is 5.69 Å². The zero-order chi connectivity index (χ0) is 10.9. The van der Waals surface area contributed by atoms with Crippen LogP contribution < -0.4 is 5.32 Å². The number of hydrogen-bond donors (Lipinski definition) is 2. The van der Waals surface area contributed by atoms with E-state index in [1.54, 1.807) is 6.41 Å². The summed E-state index contributed by atoms with van der Waals surface area (Å²) in [7, 11) is 0. The Kier molecular flexibility index (Phi) is 5.46. The largest absolute Gasteiger partial charge is 3.00 e. The minimum atomic E-state index is 0. The molecule has 0 aromatic heterocycles. The Morgan fingerprint density at radius 3 is 1.93 bits per heavy atom. The third-order valence-electron chi connectivity index (χ3n) is 2.83. The van der Waals surface area contributed by atoms with Crippen molar-refractivity contribution in [2.24, 2.45) is 0 Å². The van der Waals surface area contributed by atoms with Gasteiger partial charge in [0, 0.05) is 0 Å². The zero-order valence-electron chi connectivity index (χ0n) is 9.43. The van der Waals surface area contributed by atoms with Gasteiger partial charge in [-0.2, -0.15) is 0 Å². The van der Waals surface area contributed by atoms with Gasteiger partial charge in [0.1, 0.15) is 0 Å². The van der Waals surface area contributed by atoms with Gasteiger partial charge in [-0.15, -0.1) is 5.56 Å². The third-order valence-corrected chi connectivity index (χ3v) is 2.83. The van der Waals surface area contributed by atoms with Crippen LogP contribution in [-0.2, 0) is 37.5 Å². The molecule has 15 heavy (non-hydrogen) atoms. The minimum absolute atomic E-state index is 0. The molecule has 1 rings (SSSR count). The van der Waals surface area contributed by atoms with Gasteiger partial charge in [-0.3, -0.25) is 0 Å². The van der Waals surface area contributed by atoms with Gasteiger partial charge in [-0.1, -0.05) is 18.2 Å². The first-order valence-electron chi connectivity index (χ1n) is 4.43. The van der Waals surface area contributed by atoms with Crippen molar-refractivity contribution in [3.8, 4) is 5.75 Å². The first-order valence-corrected chi connectivity index (χ1v) is 4.43. The molecular weight excluding hydrogens is 267 g/mol. The number of rotatable bonds is 2. The number of phenols is 1. The average molecular weight is 281 g/mol. The van der Waals surface area contributed by atoms with Gasteiger partial charge in [0.15, 0.2) is 0 Å². The summed E-state index contributed by atoms with van der Waals surface area (Å²) < 4.78 is 0. The fourth-order valence-electron chi connectivity index (χ4n) is 1.50. The fourth-order valence-corrected chi connectivity index (χ4v) is 1.50. The van der Waals surface area contributed by atoms with Crippen molar-refractivity contribution in [1.29, 1.82) is 0 Å². The van der Waals surface area contributed by atoms with Gasteiger partial charge in [0.25, 0.3) is 0 Å². The van der Waals surface area contributed by atoms with Crippen LogP contribution in [0.3, 0.4) is 0 Å². The molecule has 1 aromatic carbocycles. The average Bonchev–Trinajstić information content (AvgIpc) is 2.19. The molecule has 2 N–H and O–H groups in total. The molecule has 76 valence electrons. The second kappa shape index (κ2) is 5.62. The van der Waals surface area contributed by atoms with E-state index in [2.05, 4.69) is 5.32 Å². The Hall–Kier alpha value is -0.406. The number of carbonyl (C=O) groups excluding carboxylic acids is 1. The molecule has 1 aromatic rings. The number of phenolic OH excluding ortho intramolecular Hbond substituents is 1. The Bertz CT molecular complexity index is 360. The predicted molar refractivity (Wildman–Crippen MR) is 56.4 cm³/mol. The van der Waals surface area contributed by atoms with E-state index in [4.69, 9.17) is 0 Å². The molecule has 0 saturated carbocycles. The SMILES string of the molecule is Cc1c(C)c(C)c(N[C-]=O)c(O)c1C.[Y+3]. The maximum absolute atomic E-state index is 10.2. The second-order valence-electron chi connectivity index (χ2n) is 3.45. The monoisotopic (exact) mass is 281 g/mol. The number of hydrogen-bond acceptors (Lipinski definition) is 2. The number of amides is 1. The summed E-state index contributed by atoms with van der Waals surface area (Å²) in [6.07, 6.45) is 1.58. The summed E-state index contributed by atoms with van der Waals surface area (Å²) in [6, 6.07) is 0. The smallest absolute Gasteiger partial charge is 0.524 e. The van der Waals surface area contributed by atoms with Crippen LogP contribution in [0, 0.1) is 27.7 Å². The molecule has 0 atom stereocenters. The van der Waals surface area contributed by atoms with E-state index in [9.17, 15) is 9.90 Å². The van der Waals surface area contributed by atoms with Crippen molar-refractivity contribution < 1.29 is 42.6 Å². The van der Waals surface area contributed by atoms with Crippen molar-refractivity contribution in [2.45, 2.75) is 27.7 Å². The molecule has 0 fully saturated rings. The number of nitrogens with one attached hydrogen (secondary N) is 1. The van der Waals surface area contributed by atoms with Crippen molar-refractivity contribution in [3.05, 3.63) is 22.3 Å². The summed E-state index contributed by atoms with van der Waals surface area (Å²) in [5.74, 6) is 0.133. The molecule has 0 saturated heterocycles. The number of benzene rings is 1. The molecule has 0 aliphatic heterocycles. The van der Waals surface area contributed by atoms with Crippen molar-refractivity contribution >= 4 is 12.1 Å². The van der Waals surface area contributed by atoms with Crippen LogP contribution in [0.1, 0.15) is 22.3 Å². The molecule has 0 radical (unpaired) electrons. The molecule has 0 unspecified atom stereocenters. The Morgan fingerprint density at radius 2 is 1.47 bits per heavy atom. The third kappa shape index (κ3) is 2.58. The minimum Gasteiger partial charge on any atom is -0.524 e. The molecule has 3 nitrogen and oxygen atoms in total. The molecule has 0 aliphatic rings. The summed E-state index contributed by atoms with van der Waals surface area (Å²) in [6.45, 7) is 7.60. The van der Waals surface area contributed by atoms with E-state index in [0.29, 0.717) is 5.69 Å². The second-order valence-corrected chi connectivity index (χ2v) is 3.45. The first kappa shape index (κ1) is 14.6. The Labute approximate surface area is 115 Å². The summed E-state index contributed by atoms with van der Waals surface area (Å²) in [5.41, 5.74) is 4.27. The summed E-state index contributed by atoms with van der Waals surface area (Å²) in [5, 5.41) is 12.2. The van der Waals surface area contributed by atoms with Crippen LogP contribution in [0.5, 0.6) is 5.75 Å². The van der Waals surface area contributed by atoms with Gasteiger partial charge in [0.05, 0.1) is 12.2 Å². The molecule has 0 heterocycles. The maximum atomic E-state index is 10.2. The quantitative estimate of drug-likeness (QED) is 0.495. The molecule has 0 spiro atoms. The maximum Gasteiger partial charge on any atom is 3.00 e. The first-order chi connectivity index (χ1) is 6.50. The van der Waals surface area contributed by atoms with E-state index in [-0.39, 0.29) is 38.5 Å². The topological polar surface area (TPSA) is 49.3 Å². The van der Waals surface area contributed by atoms with Crippen LogP contribution in [0.25, 0.3) is 0 Å². The van der Waals surface area contributed by atoms with Crippen molar-refractivity contribution in [3.63, 3.8) is 0 Å². The molecule has 0 aliphatic carbocycles. The normalized spacial score (nSPS) is 9.33. The van der Waals surface area contributed by atoms with E-state index in [0.717, 1.165) is 22.3 Å². The molecule has 4 heteroatoms.